The summed E-state index contributed by atoms with van der Waals surface area (Å²) in [4.78, 5) is 8.29. The molecule has 0 aliphatic heterocycles. The first kappa shape index (κ1) is 11.2. The molecule has 1 heterocycles. The van der Waals surface area contributed by atoms with Crippen LogP contribution in [-0.4, -0.2) is 16.6 Å². The molecule has 0 saturated heterocycles. The predicted octanol–water partition coefficient (Wildman–Crippen LogP) is 2.20. The number of aromatic nitrogens is 2. The molecule has 0 unspecified atom stereocenters. The van der Waals surface area contributed by atoms with Gasteiger partial charge in [-0.1, -0.05) is 6.07 Å². The molecule has 17 heavy (non-hydrogen) atoms. The fraction of sp³-hybridized carbons (Fsp3) is 0.167. The number of benzene rings is 1. The number of anilines is 3. The Morgan fingerprint density at radius 2 is 2.24 bits per heavy atom. The van der Waals surface area contributed by atoms with Crippen LogP contribution >= 0.6 is 0 Å². The molecule has 0 saturated carbocycles. The highest BCUT2D eigenvalue weighted by molar-refractivity contribution is 5.60. The van der Waals surface area contributed by atoms with Gasteiger partial charge in [0.2, 0.25) is 5.88 Å². The van der Waals surface area contributed by atoms with Crippen LogP contribution in [0.4, 0.5) is 17.2 Å². The SMILES string of the molecule is CCOc1cncc(Nc2cccc(N)c2)n1. The molecule has 0 bridgehead atoms. The molecule has 0 spiro atoms. The van der Waals surface area contributed by atoms with Crippen molar-refractivity contribution in [1.82, 2.24) is 9.97 Å². The third-order valence-corrected chi connectivity index (χ3v) is 2.06. The van der Waals surface area contributed by atoms with E-state index in [0.717, 1.165) is 5.69 Å². The Balaban J connectivity index is 2.15. The second-order valence-corrected chi connectivity index (χ2v) is 3.43. The number of nitrogens with two attached hydrogens (primary N) is 1. The lowest BCUT2D eigenvalue weighted by Crippen LogP contribution is -1.99. The Kier molecular flexibility index (Phi) is 3.40. The van der Waals surface area contributed by atoms with Crippen molar-refractivity contribution in [3.8, 4) is 5.88 Å². The Hall–Kier alpha value is -2.30. The minimum Gasteiger partial charge on any atom is -0.477 e. The van der Waals surface area contributed by atoms with Crippen molar-refractivity contribution >= 4 is 17.2 Å². The van der Waals surface area contributed by atoms with Gasteiger partial charge in [0.1, 0.15) is 0 Å². The summed E-state index contributed by atoms with van der Waals surface area (Å²) in [5.41, 5.74) is 7.26. The fourth-order valence-electron chi connectivity index (χ4n) is 1.39. The highest BCUT2D eigenvalue weighted by Crippen LogP contribution is 2.17. The van der Waals surface area contributed by atoms with Gasteiger partial charge < -0.3 is 15.8 Å². The molecule has 3 N–H and O–H groups in total. The van der Waals surface area contributed by atoms with E-state index in [1.807, 2.05) is 31.2 Å². The number of nitrogens with one attached hydrogen (secondary N) is 1. The van der Waals surface area contributed by atoms with Crippen LogP contribution in [0.15, 0.2) is 36.7 Å². The molecule has 88 valence electrons. The third-order valence-electron chi connectivity index (χ3n) is 2.06. The van der Waals surface area contributed by atoms with Crippen LogP contribution < -0.4 is 15.8 Å². The van der Waals surface area contributed by atoms with E-state index in [2.05, 4.69) is 15.3 Å². The quantitative estimate of drug-likeness (QED) is 0.788. The predicted molar refractivity (Wildman–Crippen MR) is 67.3 cm³/mol. The molecule has 0 aliphatic carbocycles. The van der Waals surface area contributed by atoms with Gasteiger partial charge in [0.25, 0.3) is 0 Å². The van der Waals surface area contributed by atoms with Crippen LogP contribution in [0.25, 0.3) is 0 Å². The van der Waals surface area contributed by atoms with E-state index in [9.17, 15) is 0 Å². The monoisotopic (exact) mass is 230 g/mol. The smallest absolute Gasteiger partial charge is 0.234 e. The van der Waals surface area contributed by atoms with E-state index in [0.29, 0.717) is 24.0 Å². The second kappa shape index (κ2) is 5.16. The van der Waals surface area contributed by atoms with Crippen molar-refractivity contribution in [1.29, 1.82) is 0 Å². The lowest BCUT2D eigenvalue weighted by Gasteiger charge is -2.07. The first-order valence-corrected chi connectivity index (χ1v) is 5.35. The van der Waals surface area contributed by atoms with Crippen molar-refractivity contribution in [3.05, 3.63) is 36.7 Å². The normalized spacial score (nSPS) is 9.94. The summed E-state index contributed by atoms with van der Waals surface area (Å²) in [6, 6.07) is 7.44. The maximum Gasteiger partial charge on any atom is 0.234 e. The minimum absolute atomic E-state index is 0.501. The molecule has 0 amide bonds. The first-order valence-electron chi connectivity index (χ1n) is 5.35. The van der Waals surface area contributed by atoms with Crippen LogP contribution in [0.1, 0.15) is 6.92 Å². The molecule has 5 nitrogen and oxygen atoms in total. The van der Waals surface area contributed by atoms with Gasteiger partial charge in [-0.05, 0) is 25.1 Å². The molecule has 0 atom stereocenters. The molecule has 1 aromatic heterocycles. The van der Waals surface area contributed by atoms with Crippen molar-refractivity contribution < 1.29 is 4.74 Å². The van der Waals surface area contributed by atoms with Crippen LogP contribution in [0, 0.1) is 0 Å². The van der Waals surface area contributed by atoms with Gasteiger partial charge in [-0.25, -0.2) is 0 Å². The molecule has 2 aromatic rings. The highest BCUT2D eigenvalue weighted by atomic mass is 16.5. The number of hydrogen-bond donors (Lipinski definition) is 2. The largest absolute Gasteiger partial charge is 0.477 e. The van der Waals surface area contributed by atoms with Crippen molar-refractivity contribution in [2.24, 2.45) is 0 Å². The molecule has 0 fully saturated rings. The number of nitrogen functional groups attached to an aromatic ring is 1. The zero-order valence-corrected chi connectivity index (χ0v) is 9.55. The molecule has 5 heteroatoms. The van der Waals surface area contributed by atoms with Crippen molar-refractivity contribution in [3.63, 3.8) is 0 Å². The van der Waals surface area contributed by atoms with E-state index in [4.69, 9.17) is 10.5 Å². The lowest BCUT2D eigenvalue weighted by molar-refractivity contribution is 0.326. The van der Waals surface area contributed by atoms with Gasteiger partial charge >= 0.3 is 0 Å². The summed E-state index contributed by atoms with van der Waals surface area (Å²) in [5.74, 6) is 1.13. The highest BCUT2D eigenvalue weighted by Gasteiger charge is 2.00. The number of nitrogens with zero attached hydrogens (tertiary/aromatic N) is 2. The lowest BCUT2D eigenvalue weighted by atomic mass is 10.3. The fourth-order valence-corrected chi connectivity index (χ4v) is 1.39. The van der Waals surface area contributed by atoms with Crippen LogP contribution in [0.5, 0.6) is 5.88 Å². The van der Waals surface area contributed by atoms with E-state index in [-0.39, 0.29) is 0 Å². The topological polar surface area (TPSA) is 73.1 Å². The number of hydrogen-bond acceptors (Lipinski definition) is 5. The van der Waals surface area contributed by atoms with E-state index in [1.54, 1.807) is 12.4 Å². The molecule has 0 radical (unpaired) electrons. The number of rotatable bonds is 4. The van der Waals surface area contributed by atoms with Gasteiger partial charge in [-0.3, -0.25) is 4.98 Å². The summed E-state index contributed by atoms with van der Waals surface area (Å²) in [7, 11) is 0. The average molecular weight is 230 g/mol. The van der Waals surface area contributed by atoms with Crippen molar-refractivity contribution in [2.45, 2.75) is 6.92 Å². The minimum atomic E-state index is 0.501. The van der Waals surface area contributed by atoms with Gasteiger partial charge in [0, 0.05) is 11.4 Å². The molecule has 0 aliphatic rings. The van der Waals surface area contributed by atoms with Crippen molar-refractivity contribution in [2.75, 3.05) is 17.7 Å². The van der Waals surface area contributed by atoms with E-state index < -0.39 is 0 Å². The number of ether oxygens (including phenoxy) is 1. The van der Waals surface area contributed by atoms with Crippen LogP contribution in [-0.2, 0) is 0 Å². The molecular weight excluding hydrogens is 216 g/mol. The molecule has 1 aromatic carbocycles. The van der Waals surface area contributed by atoms with Crippen LogP contribution in [0.2, 0.25) is 0 Å². The first-order chi connectivity index (χ1) is 8.28. The summed E-state index contributed by atoms with van der Waals surface area (Å²) in [5, 5.41) is 3.11. The summed E-state index contributed by atoms with van der Waals surface area (Å²) in [6.07, 6.45) is 3.21. The summed E-state index contributed by atoms with van der Waals surface area (Å²) in [6.45, 7) is 2.47. The Labute approximate surface area is 99.7 Å². The van der Waals surface area contributed by atoms with E-state index in [1.165, 1.54) is 0 Å². The molecular formula is C12H14N4O. The van der Waals surface area contributed by atoms with E-state index >= 15 is 0 Å². The standard InChI is InChI=1S/C12H14N4O/c1-2-17-12-8-14-7-11(16-12)15-10-5-3-4-9(13)6-10/h3-8H,2,13H2,1H3,(H,15,16). The van der Waals surface area contributed by atoms with Crippen LogP contribution in [0.3, 0.4) is 0 Å². The maximum absolute atomic E-state index is 5.69. The zero-order chi connectivity index (χ0) is 12.1. The maximum atomic E-state index is 5.69. The summed E-state index contributed by atoms with van der Waals surface area (Å²) >= 11 is 0. The van der Waals surface area contributed by atoms with Gasteiger partial charge in [-0.2, -0.15) is 4.98 Å². The third kappa shape index (κ3) is 3.07. The van der Waals surface area contributed by atoms with Gasteiger partial charge in [0.15, 0.2) is 5.82 Å². The molecule has 2 rings (SSSR count). The Morgan fingerprint density at radius 3 is 3.00 bits per heavy atom. The van der Waals surface area contributed by atoms with Gasteiger partial charge in [-0.15, -0.1) is 0 Å². The Morgan fingerprint density at radius 1 is 1.35 bits per heavy atom. The second-order valence-electron chi connectivity index (χ2n) is 3.43. The zero-order valence-electron chi connectivity index (χ0n) is 9.55. The summed E-state index contributed by atoms with van der Waals surface area (Å²) < 4.78 is 5.27. The van der Waals surface area contributed by atoms with Gasteiger partial charge in [0.05, 0.1) is 19.0 Å². The average Bonchev–Trinajstić information content (AvgIpc) is 2.30. The Bertz CT molecular complexity index is 501.